The molecule has 0 aliphatic carbocycles. The average molecular weight is 415 g/mol. The summed E-state index contributed by atoms with van der Waals surface area (Å²) in [5, 5.41) is 4.11. The zero-order chi connectivity index (χ0) is 21.8. The molecule has 2 N–H and O–H groups in total. The number of anilines is 1. The summed E-state index contributed by atoms with van der Waals surface area (Å²) in [7, 11) is 3.24. The Bertz CT molecular complexity index is 1190. The third-order valence-electron chi connectivity index (χ3n) is 5.53. The summed E-state index contributed by atoms with van der Waals surface area (Å²) in [6.45, 7) is 2.02. The number of H-pyrrole nitrogens is 1. The number of ether oxygens (including phenoxy) is 2. The molecule has 1 atom stereocenters. The molecule has 0 unspecified atom stereocenters. The quantitative estimate of drug-likeness (QED) is 0.410. The number of fused-ring (bicyclic) bond motifs is 1. The number of aromatic nitrogens is 1. The Hall–Kier alpha value is -3.73. The van der Waals surface area contributed by atoms with Gasteiger partial charge in [-0.1, -0.05) is 48.0 Å². The minimum atomic E-state index is -0.216. The van der Waals surface area contributed by atoms with Crippen molar-refractivity contribution in [1.29, 1.82) is 0 Å². The Kier molecular flexibility index (Phi) is 5.94. The summed E-state index contributed by atoms with van der Waals surface area (Å²) in [6, 6.07) is 21.7. The molecule has 1 amide bonds. The Morgan fingerprint density at radius 3 is 2.45 bits per heavy atom. The van der Waals surface area contributed by atoms with Gasteiger partial charge in [0.15, 0.2) is 11.5 Å². The maximum Gasteiger partial charge on any atom is 0.225 e. The van der Waals surface area contributed by atoms with E-state index >= 15 is 0 Å². The van der Waals surface area contributed by atoms with Crippen molar-refractivity contribution in [3.8, 4) is 11.5 Å². The lowest BCUT2D eigenvalue weighted by Gasteiger charge is -2.21. The summed E-state index contributed by atoms with van der Waals surface area (Å²) in [4.78, 5) is 16.4. The summed E-state index contributed by atoms with van der Waals surface area (Å²) in [6.07, 6.45) is 2.24. The van der Waals surface area contributed by atoms with E-state index in [4.69, 9.17) is 9.47 Å². The number of amides is 1. The molecule has 0 radical (unpaired) electrons. The number of carbonyl (C=O) groups is 1. The number of methoxy groups -OCH3 is 2. The summed E-state index contributed by atoms with van der Waals surface area (Å²) >= 11 is 0. The van der Waals surface area contributed by atoms with Crippen LogP contribution in [0.2, 0.25) is 0 Å². The lowest BCUT2D eigenvalue weighted by Crippen LogP contribution is -2.17. The Balaban J connectivity index is 1.75. The van der Waals surface area contributed by atoms with Gasteiger partial charge in [0.1, 0.15) is 0 Å². The fourth-order valence-corrected chi connectivity index (χ4v) is 3.99. The van der Waals surface area contributed by atoms with Gasteiger partial charge in [0, 0.05) is 40.7 Å². The van der Waals surface area contributed by atoms with Gasteiger partial charge in [-0.3, -0.25) is 4.79 Å². The Labute approximate surface area is 182 Å². The number of benzene rings is 3. The van der Waals surface area contributed by atoms with Crippen LogP contribution in [0.3, 0.4) is 0 Å². The van der Waals surface area contributed by atoms with Gasteiger partial charge in [0.2, 0.25) is 5.91 Å². The highest BCUT2D eigenvalue weighted by Crippen LogP contribution is 2.42. The van der Waals surface area contributed by atoms with Crippen molar-refractivity contribution in [1.82, 2.24) is 4.98 Å². The maximum atomic E-state index is 13.1. The highest BCUT2D eigenvalue weighted by Gasteiger charge is 2.26. The largest absolute Gasteiger partial charge is 0.493 e. The molecular weight excluding hydrogens is 388 g/mol. The molecule has 1 heterocycles. The normalized spacial score (nSPS) is 11.8. The predicted octanol–water partition coefficient (Wildman–Crippen LogP) is 5.65. The molecule has 31 heavy (non-hydrogen) atoms. The van der Waals surface area contributed by atoms with Crippen molar-refractivity contribution in [2.45, 2.75) is 19.3 Å². The van der Waals surface area contributed by atoms with Gasteiger partial charge in [-0.25, -0.2) is 0 Å². The second kappa shape index (κ2) is 8.96. The number of para-hydroxylation sites is 2. The molecule has 0 fully saturated rings. The lowest BCUT2D eigenvalue weighted by molar-refractivity contribution is -0.116. The van der Waals surface area contributed by atoms with Gasteiger partial charge in [0.25, 0.3) is 0 Å². The molecule has 0 spiro atoms. The summed E-state index contributed by atoms with van der Waals surface area (Å²) in [5.41, 5.74) is 4.91. The number of aromatic amines is 1. The van der Waals surface area contributed by atoms with Crippen molar-refractivity contribution in [3.63, 3.8) is 0 Å². The van der Waals surface area contributed by atoms with Crippen LogP contribution in [0.15, 0.2) is 72.9 Å². The number of hydrogen-bond donors (Lipinski definition) is 2. The Morgan fingerprint density at radius 2 is 1.71 bits per heavy atom. The molecule has 0 saturated carbocycles. The van der Waals surface area contributed by atoms with Crippen molar-refractivity contribution >= 4 is 22.5 Å². The zero-order valence-electron chi connectivity index (χ0n) is 17.9. The number of rotatable bonds is 7. The van der Waals surface area contributed by atoms with Gasteiger partial charge >= 0.3 is 0 Å². The van der Waals surface area contributed by atoms with Crippen LogP contribution in [0.25, 0.3) is 10.9 Å². The smallest absolute Gasteiger partial charge is 0.225 e. The van der Waals surface area contributed by atoms with Crippen molar-refractivity contribution < 1.29 is 14.3 Å². The van der Waals surface area contributed by atoms with Gasteiger partial charge in [-0.2, -0.15) is 0 Å². The molecule has 5 heteroatoms. The van der Waals surface area contributed by atoms with E-state index in [-0.39, 0.29) is 18.2 Å². The fourth-order valence-electron chi connectivity index (χ4n) is 3.99. The first kappa shape index (κ1) is 20.5. The number of carbonyl (C=O) groups excluding carboxylic acids is 1. The van der Waals surface area contributed by atoms with Gasteiger partial charge < -0.3 is 19.8 Å². The lowest BCUT2D eigenvalue weighted by atomic mass is 9.87. The summed E-state index contributed by atoms with van der Waals surface area (Å²) in [5.74, 6) is 1.00. The average Bonchev–Trinajstić information content (AvgIpc) is 3.22. The van der Waals surface area contributed by atoms with E-state index < -0.39 is 0 Å². The van der Waals surface area contributed by atoms with Crippen LogP contribution in [0.5, 0.6) is 11.5 Å². The predicted molar refractivity (Wildman–Crippen MR) is 124 cm³/mol. The van der Waals surface area contributed by atoms with E-state index in [1.807, 2.05) is 73.8 Å². The SMILES string of the molecule is COc1cccc([C@H](CC(=O)Nc2ccc(C)cc2)c2c[nH]c3ccccc23)c1OC. The molecule has 0 saturated heterocycles. The van der Waals surface area contributed by atoms with Gasteiger partial charge in [-0.15, -0.1) is 0 Å². The third kappa shape index (κ3) is 4.26. The summed E-state index contributed by atoms with van der Waals surface area (Å²) < 4.78 is 11.2. The van der Waals surface area contributed by atoms with E-state index in [0.717, 1.165) is 33.3 Å². The van der Waals surface area contributed by atoms with Gasteiger partial charge in [-0.05, 0) is 36.8 Å². The van der Waals surface area contributed by atoms with E-state index in [2.05, 4.69) is 16.4 Å². The van der Waals surface area contributed by atoms with Crippen LogP contribution in [-0.2, 0) is 4.79 Å². The second-order valence-electron chi connectivity index (χ2n) is 7.54. The fraction of sp³-hybridized carbons (Fsp3) is 0.192. The highest BCUT2D eigenvalue weighted by molar-refractivity contribution is 5.93. The second-order valence-corrected chi connectivity index (χ2v) is 7.54. The monoisotopic (exact) mass is 414 g/mol. The number of nitrogens with one attached hydrogen (secondary N) is 2. The van der Waals surface area contributed by atoms with Crippen molar-refractivity contribution in [2.24, 2.45) is 0 Å². The maximum absolute atomic E-state index is 13.1. The minimum absolute atomic E-state index is 0.0657. The van der Waals surface area contributed by atoms with E-state index in [1.165, 1.54) is 0 Å². The first-order chi connectivity index (χ1) is 15.1. The van der Waals surface area contributed by atoms with Crippen LogP contribution in [0.1, 0.15) is 29.0 Å². The van der Waals surface area contributed by atoms with Crippen LogP contribution in [-0.4, -0.2) is 25.1 Å². The zero-order valence-corrected chi connectivity index (χ0v) is 17.9. The van der Waals surface area contributed by atoms with E-state index in [0.29, 0.717) is 11.5 Å². The third-order valence-corrected chi connectivity index (χ3v) is 5.53. The molecule has 0 aliphatic heterocycles. The number of hydrogen-bond acceptors (Lipinski definition) is 3. The van der Waals surface area contributed by atoms with Gasteiger partial charge in [0.05, 0.1) is 14.2 Å². The van der Waals surface area contributed by atoms with E-state index in [9.17, 15) is 4.79 Å². The topological polar surface area (TPSA) is 63.3 Å². The van der Waals surface area contributed by atoms with Crippen LogP contribution in [0.4, 0.5) is 5.69 Å². The first-order valence-corrected chi connectivity index (χ1v) is 10.2. The van der Waals surface area contributed by atoms with Crippen LogP contribution in [0, 0.1) is 6.92 Å². The van der Waals surface area contributed by atoms with Crippen molar-refractivity contribution in [3.05, 3.63) is 89.6 Å². The molecule has 4 aromatic rings. The van der Waals surface area contributed by atoms with Crippen LogP contribution >= 0.6 is 0 Å². The molecule has 0 bridgehead atoms. The molecule has 4 rings (SSSR count). The van der Waals surface area contributed by atoms with Crippen molar-refractivity contribution in [2.75, 3.05) is 19.5 Å². The molecule has 3 aromatic carbocycles. The Morgan fingerprint density at radius 1 is 0.935 bits per heavy atom. The number of aryl methyl sites for hydroxylation is 1. The first-order valence-electron chi connectivity index (χ1n) is 10.2. The highest BCUT2D eigenvalue weighted by atomic mass is 16.5. The van der Waals surface area contributed by atoms with Crippen LogP contribution < -0.4 is 14.8 Å². The molecular formula is C26H26N2O3. The molecule has 1 aromatic heterocycles. The standard InChI is InChI=1S/C26H26N2O3/c1-17-11-13-18(14-12-17)28-25(29)15-21(20-8-6-10-24(30-2)26(20)31-3)22-16-27-23-9-5-4-7-19(22)23/h4-14,16,21,27H,15H2,1-3H3,(H,28,29)/t21-/m0/s1. The minimum Gasteiger partial charge on any atom is -0.493 e. The molecule has 158 valence electrons. The van der Waals surface area contributed by atoms with E-state index in [1.54, 1.807) is 14.2 Å². The molecule has 5 nitrogen and oxygen atoms in total. The molecule has 0 aliphatic rings.